The van der Waals surface area contributed by atoms with Crippen LogP contribution in [0.1, 0.15) is 36.5 Å². The number of benzene rings is 1. The van der Waals surface area contributed by atoms with E-state index in [1.54, 1.807) is 14.2 Å². The second-order valence-corrected chi connectivity index (χ2v) is 5.08. The van der Waals surface area contributed by atoms with Gasteiger partial charge in [-0.15, -0.1) is 0 Å². The molecule has 4 heteroatoms. The van der Waals surface area contributed by atoms with Gasteiger partial charge < -0.3 is 14.7 Å². The summed E-state index contributed by atoms with van der Waals surface area (Å²) in [5.41, 5.74) is 3.29. The molecule has 0 atom stereocenters. The quantitative estimate of drug-likeness (QED) is 0.886. The molecule has 1 aromatic carbocycles. The minimum Gasteiger partial charge on any atom is -0.496 e. The molecule has 0 radical (unpaired) electrons. The lowest BCUT2D eigenvalue weighted by Crippen LogP contribution is -2.29. The lowest BCUT2D eigenvalue weighted by Gasteiger charge is -2.20. The first-order valence-electron chi connectivity index (χ1n) is 6.42. The maximum atomic E-state index is 11.4. The summed E-state index contributed by atoms with van der Waals surface area (Å²) in [5.74, 6) is 0.960. The number of aryl methyl sites for hydroxylation is 1. The van der Waals surface area contributed by atoms with Crippen molar-refractivity contribution in [3.63, 3.8) is 0 Å². The number of nitrogens with zero attached hydrogens (tertiary/aromatic N) is 1. The van der Waals surface area contributed by atoms with Crippen LogP contribution in [0, 0.1) is 6.92 Å². The van der Waals surface area contributed by atoms with Crippen LogP contribution < -0.4 is 4.74 Å². The van der Waals surface area contributed by atoms with Gasteiger partial charge in [0.05, 0.1) is 7.11 Å². The number of likely N-dealkylation sites (N-methyl/N-ethyl adjacent to an activating group) is 1. The van der Waals surface area contributed by atoms with Gasteiger partial charge >= 0.3 is 0 Å². The van der Waals surface area contributed by atoms with Crippen LogP contribution in [-0.2, 0) is 11.3 Å². The molecule has 0 heterocycles. The molecule has 1 aromatic rings. The van der Waals surface area contributed by atoms with Gasteiger partial charge in [-0.2, -0.15) is 0 Å². The van der Waals surface area contributed by atoms with Gasteiger partial charge in [-0.05, 0) is 41.7 Å². The van der Waals surface area contributed by atoms with Crippen molar-refractivity contribution in [3.05, 3.63) is 28.8 Å². The van der Waals surface area contributed by atoms with E-state index in [4.69, 9.17) is 9.84 Å². The number of amides is 1. The highest BCUT2D eigenvalue weighted by Crippen LogP contribution is 2.30. The fourth-order valence-electron chi connectivity index (χ4n) is 2.01. The minimum absolute atomic E-state index is 0.277. The van der Waals surface area contributed by atoms with Gasteiger partial charge in [0, 0.05) is 13.6 Å². The zero-order valence-corrected chi connectivity index (χ0v) is 12.4. The molecule has 0 aliphatic rings. The van der Waals surface area contributed by atoms with Crippen LogP contribution >= 0.6 is 0 Å². The highest BCUT2D eigenvalue weighted by molar-refractivity contribution is 5.76. The van der Waals surface area contributed by atoms with E-state index in [-0.39, 0.29) is 5.91 Å². The van der Waals surface area contributed by atoms with Crippen LogP contribution in [0.4, 0.5) is 0 Å². The molecule has 0 aliphatic carbocycles. The van der Waals surface area contributed by atoms with E-state index in [0.29, 0.717) is 12.5 Å². The molecule has 1 rings (SSSR count). The number of carbonyl (C=O) groups is 1. The summed E-state index contributed by atoms with van der Waals surface area (Å²) in [4.78, 5) is 12.9. The van der Waals surface area contributed by atoms with Crippen LogP contribution in [0.5, 0.6) is 5.75 Å². The average Bonchev–Trinajstić information content (AvgIpc) is 2.38. The van der Waals surface area contributed by atoms with Crippen molar-refractivity contribution in [1.29, 1.82) is 0 Å². The maximum Gasteiger partial charge on any atom is 0.248 e. The maximum absolute atomic E-state index is 11.4. The monoisotopic (exact) mass is 265 g/mol. The van der Waals surface area contributed by atoms with Gasteiger partial charge in [-0.3, -0.25) is 4.79 Å². The minimum atomic E-state index is -0.456. The molecule has 0 unspecified atom stereocenters. The zero-order valence-electron chi connectivity index (χ0n) is 12.4. The molecule has 0 bridgehead atoms. The van der Waals surface area contributed by atoms with Gasteiger partial charge in [0.1, 0.15) is 12.4 Å². The molecule has 106 valence electrons. The second kappa shape index (κ2) is 6.57. The fourth-order valence-corrected chi connectivity index (χ4v) is 2.01. The number of aliphatic hydroxyl groups is 1. The molecule has 19 heavy (non-hydrogen) atoms. The number of ether oxygens (including phenoxy) is 1. The largest absolute Gasteiger partial charge is 0.496 e. The number of rotatable bonds is 5. The number of methoxy groups -OCH3 is 1. The Balaban J connectivity index is 3.08. The summed E-state index contributed by atoms with van der Waals surface area (Å²) < 4.78 is 5.40. The molecular weight excluding hydrogens is 242 g/mol. The van der Waals surface area contributed by atoms with E-state index in [1.165, 1.54) is 4.90 Å². The molecular formula is C15H23NO3. The molecule has 0 saturated carbocycles. The summed E-state index contributed by atoms with van der Waals surface area (Å²) in [6.45, 7) is 6.26. The van der Waals surface area contributed by atoms with Crippen LogP contribution in [0.2, 0.25) is 0 Å². The molecule has 0 saturated heterocycles. The predicted octanol–water partition coefficient (Wildman–Crippen LogP) is 2.08. The third-order valence-corrected chi connectivity index (χ3v) is 3.28. The van der Waals surface area contributed by atoms with Crippen LogP contribution in [0.25, 0.3) is 0 Å². The Morgan fingerprint density at radius 3 is 2.53 bits per heavy atom. The van der Waals surface area contributed by atoms with E-state index in [2.05, 4.69) is 19.9 Å². The van der Waals surface area contributed by atoms with Crippen molar-refractivity contribution in [3.8, 4) is 5.75 Å². The van der Waals surface area contributed by atoms with Crippen LogP contribution in [0.3, 0.4) is 0 Å². The molecule has 0 aromatic heterocycles. The Bertz CT molecular complexity index is 455. The zero-order chi connectivity index (χ0) is 14.6. The van der Waals surface area contributed by atoms with Gasteiger partial charge in [-0.25, -0.2) is 0 Å². The SMILES string of the molecule is COc1cc(C)c(CN(C)C(=O)CO)cc1C(C)C. The lowest BCUT2D eigenvalue weighted by atomic mass is 9.96. The third kappa shape index (κ3) is 3.70. The first-order valence-corrected chi connectivity index (χ1v) is 6.42. The van der Waals surface area contributed by atoms with Crippen molar-refractivity contribution in [2.24, 2.45) is 0 Å². The van der Waals surface area contributed by atoms with Crippen LogP contribution in [-0.4, -0.2) is 36.7 Å². The second-order valence-electron chi connectivity index (χ2n) is 5.08. The number of aliphatic hydroxyl groups excluding tert-OH is 1. The van der Waals surface area contributed by atoms with Crippen molar-refractivity contribution >= 4 is 5.91 Å². The fraction of sp³-hybridized carbons (Fsp3) is 0.533. The van der Waals surface area contributed by atoms with E-state index >= 15 is 0 Å². The first kappa shape index (κ1) is 15.5. The summed E-state index contributed by atoms with van der Waals surface area (Å²) in [5, 5.41) is 8.87. The van der Waals surface area contributed by atoms with Gasteiger partial charge in [0.15, 0.2) is 0 Å². The summed E-state index contributed by atoms with van der Waals surface area (Å²) in [6, 6.07) is 4.09. The van der Waals surface area contributed by atoms with Crippen LogP contribution in [0.15, 0.2) is 12.1 Å². The van der Waals surface area contributed by atoms with E-state index in [9.17, 15) is 4.79 Å². The first-order chi connectivity index (χ1) is 8.90. The summed E-state index contributed by atoms with van der Waals surface area (Å²) >= 11 is 0. The summed E-state index contributed by atoms with van der Waals surface area (Å²) in [6.07, 6.45) is 0. The van der Waals surface area contributed by atoms with Crippen molar-refractivity contribution in [2.45, 2.75) is 33.2 Å². The number of hydrogen-bond acceptors (Lipinski definition) is 3. The molecule has 0 aliphatic heterocycles. The van der Waals surface area contributed by atoms with Crippen molar-refractivity contribution in [2.75, 3.05) is 20.8 Å². The van der Waals surface area contributed by atoms with Crippen molar-refractivity contribution < 1.29 is 14.6 Å². The lowest BCUT2D eigenvalue weighted by molar-refractivity contribution is -0.133. The predicted molar refractivity (Wildman–Crippen MR) is 75.4 cm³/mol. The Labute approximate surface area is 115 Å². The van der Waals surface area contributed by atoms with Gasteiger partial charge in [0.2, 0.25) is 5.91 Å². The van der Waals surface area contributed by atoms with Crippen molar-refractivity contribution in [1.82, 2.24) is 4.90 Å². The topological polar surface area (TPSA) is 49.8 Å². The molecule has 1 amide bonds. The highest BCUT2D eigenvalue weighted by Gasteiger charge is 2.14. The number of hydrogen-bond donors (Lipinski definition) is 1. The van der Waals surface area contributed by atoms with E-state index < -0.39 is 6.61 Å². The Hall–Kier alpha value is -1.55. The smallest absolute Gasteiger partial charge is 0.248 e. The Morgan fingerprint density at radius 2 is 2.05 bits per heavy atom. The Kier molecular flexibility index (Phi) is 5.36. The van der Waals surface area contributed by atoms with E-state index in [0.717, 1.165) is 22.4 Å². The normalized spacial score (nSPS) is 10.7. The molecule has 0 spiro atoms. The standard InChI is InChI=1S/C15H23NO3/c1-10(2)13-7-12(8-16(4)15(18)9-17)11(3)6-14(13)19-5/h6-7,10,17H,8-9H2,1-5H3. The molecule has 1 N–H and O–H groups in total. The van der Waals surface area contributed by atoms with E-state index in [1.807, 2.05) is 13.0 Å². The molecule has 4 nitrogen and oxygen atoms in total. The van der Waals surface area contributed by atoms with Gasteiger partial charge in [-0.1, -0.05) is 13.8 Å². The van der Waals surface area contributed by atoms with Gasteiger partial charge in [0.25, 0.3) is 0 Å². The highest BCUT2D eigenvalue weighted by atomic mass is 16.5. The molecule has 0 fully saturated rings. The average molecular weight is 265 g/mol. The Morgan fingerprint density at radius 1 is 1.42 bits per heavy atom. The summed E-state index contributed by atoms with van der Waals surface area (Å²) in [7, 11) is 3.36. The number of carbonyl (C=O) groups excluding carboxylic acids is 1. The third-order valence-electron chi connectivity index (χ3n) is 3.28.